The van der Waals surface area contributed by atoms with Gasteiger partial charge in [-0.05, 0) is 37.8 Å². The van der Waals surface area contributed by atoms with E-state index in [1.54, 1.807) is 0 Å². The van der Waals surface area contributed by atoms with Crippen LogP contribution in [0.25, 0.3) is 0 Å². The van der Waals surface area contributed by atoms with Gasteiger partial charge in [0, 0.05) is 18.0 Å². The lowest BCUT2D eigenvalue weighted by atomic mass is 9.75. The van der Waals surface area contributed by atoms with E-state index in [2.05, 4.69) is 32.3 Å². The highest BCUT2D eigenvalue weighted by molar-refractivity contribution is 5.22. The highest BCUT2D eigenvalue weighted by atomic mass is 16.3. The largest absolute Gasteiger partial charge is 0.469 e. The average molecular weight is 249 g/mol. The summed E-state index contributed by atoms with van der Waals surface area (Å²) in [6.45, 7) is 4.50. The van der Waals surface area contributed by atoms with E-state index in [1.807, 2.05) is 6.26 Å². The van der Waals surface area contributed by atoms with Crippen LogP contribution >= 0.6 is 0 Å². The van der Waals surface area contributed by atoms with Gasteiger partial charge in [0.2, 0.25) is 0 Å². The van der Waals surface area contributed by atoms with Gasteiger partial charge >= 0.3 is 0 Å². The lowest BCUT2D eigenvalue weighted by Crippen LogP contribution is -2.29. The third kappa shape index (κ3) is 2.80. The third-order valence-corrected chi connectivity index (χ3v) is 4.62. The van der Waals surface area contributed by atoms with Crippen LogP contribution in [0.4, 0.5) is 0 Å². The summed E-state index contributed by atoms with van der Waals surface area (Å²) in [7, 11) is 2.09. The Bertz CT molecular complexity index is 358. The van der Waals surface area contributed by atoms with Crippen molar-refractivity contribution in [3.8, 4) is 0 Å². The molecule has 1 aromatic rings. The third-order valence-electron chi connectivity index (χ3n) is 4.62. The second kappa shape index (κ2) is 6.42. The summed E-state index contributed by atoms with van der Waals surface area (Å²) in [5.74, 6) is 2.86. The van der Waals surface area contributed by atoms with E-state index < -0.39 is 0 Å². The van der Waals surface area contributed by atoms with Crippen molar-refractivity contribution in [1.82, 2.24) is 5.32 Å². The first-order chi connectivity index (χ1) is 8.80. The van der Waals surface area contributed by atoms with E-state index in [0.717, 1.165) is 24.0 Å². The van der Waals surface area contributed by atoms with Gasteiger partial charge in [0.05, 0.1) is 6.26 Å². The van der Waals surface area contributed by atoms with Crippen molar-refractivity contribution in [3.63, 3.8) is 0 Å². The number of nitrogens with one attached hydrogen (secondary N) is 1. The monoisotopic (exact) mass is 249 g/mol. The topological polar surface area (TPSA) is 25.2 Å². The summed E-state index contributed by atoms with van der Waals surface area (Å²) >= 11 is 0. The standard InChI is InChI=1S/C16H27NO/c1-4-12-7-6-8-13(11-12)16(17-3)14-9-10-18-15(14)5-2/h9-10,12-13,16-17H,4-8,11H2,1-3H3. The fraction of sp³-hybridized carbons (Fsp3) is 0.750. The molecule has 1 N–H and O–H groups in total. The Morgan fingerprint density at radius 1 is 1.39 bits per heavy atom. The van der Waals surface area contributed by atoms with E-state index in [0.29, 0.717) is 6.04 Å². The maximum atomic E-state index is 5.60. The molecule has 3 unspecified atom stereocenters. The number of hydrogen-bond acceptors (Lipinski definition) is 2. The lowest BCUT2D eigenvalue weighted by molar-refractivity contribution is 0.213. The van der Waals surface area contributed by atoms with Crippen molar-refractivity contribution in [2.45, 2.75) is 58.4 Å². The molecular formula is C16H27NO. The van der Waals surface area contributed by atoms with Crippen molar-refractivity contribution in [2.75, 3.05) is 7.05 Å². The zero-order valence-corrected chi connectivity index (χ0v) is 12.0. The minimum absolute atomic E-state index is 0.480. The fourth-order valence-corrected chi connectivity index (χ4v) is 3.57. The molecule has 0 aliphatic heterocycles. The molecular weight excluding hydrogens is 222 g/mol. The van der Waals surface area contributed by atoms with Gasteiger partial charge in [-0.3, -0.25) is 0 Å². The van der Waals surface area contributed by atoms with Gasteiger partial charge in [0.1, 0.15) is 5.76 Å². The summed E-state index contributed by atoms with van der Waals surface area (Å²) < 4.78 is 5.60. The van der Waals surface area contributed by atoms with Crippen molar-refractivity contribution >= 4 is 0 Å². The average Bonchev–Trinajstić information content (AvgIpc) is 2.88. The van der Waals surface area contributed by atoms with Gasteiger partial charge in [-0.15, -0.1) is 0 Å². The first-order valence-electron chi connectivity index (χ1n) is 7.53. The van der Waals surface area contributed by atoms with E-state index in [1.165, 1.54) is 37.7 Å². The molecule has 102 valence electrons. The van der Waals surface area contributed by atoms with Gasteiger partial charge in [-0.2, -0.15) is 0 Å². The highest BCUT2D eigenvalue weighted by Gasteiger charge is 2.29. The smallest absolute Gasteiger partial charge is 0.108 e. The molecule has 1 fully saturated rings. The molecule has 0 bridgehead atoms. The van der Waals surface area contributed by atoms with E-state index in [-0.39, 0.29) is 0 Å². The predicted octanol–water partition coefficient (Wildman–Crippen LogP) is 4.32. The lowest BCUT2D eigenvalue weighted by Gasteiger charge is -2.34. The molecule has 2 nitrogen and oxygen atoms in total. The van der Waals surface area contributed by atoms with Crippen LogP contribution in [0.3, 0.4) is 0 Å². The molecule has 1 saturated carbocycles. The minimum Gasteiger partial charge on any atom is -0.469 e. The van der Waals surface area contributed by atoms with Gasteiger partial charge in [0.15, 0.2) is 0 Å². The normalized spacial score (nSPS) is 26.2. The van der Waals surface area contributed by atoms with E-state index in [9.17, 15) is 0 Å². The molecule has 0 aromatic carbocycles. The SMILES string of the molecule is CCc1occc1C(NC)C1CCCC(CC)C1. The molecule has 3 atom stereocenters. The first-order valence-corrected chi connectivity index (χ1v) is 7.53. The summed E-state index contributed by atoms with van der Waals surface area (Å²) in [6, 6.07) is 2.64. The summed E-state index contributed by atoms with van der Waals surface area (Å²) in [6.07, 6.45) is 9.71. The van der Waals surface area contributed by atoms with Crippen LogP contribution in [0.1, 0.15) is 63.3 Å². The Kier molecular flexibility index (Phi) is 4.87. The predicted molar refractivity (Wildman–Crippen MR) is 75.6 cm³/mol. The summed E-state index contributed by atoms with van der Waals surface area (Å²) in [5.41, 5.74) is 1.39. The van der Waals surface area contributed by atoms with Crippen molar-refractivity contribution in [3.05, 3.63) is 23.7 Å². The molecule has 1 aliphatic rings. The summed E-state index contributed by atoms with van der Waals surface area (Å²) in [4.78, 5) is 0. The van der Waals surface area contributed by atoms with Gasteiger partial charge in [-0.1, -0.05) is 33.1 Å². The van der Waals surface area contributed by atoms with Crippen molar-refractivity contribution < 1.29 is 4.42 Å². The zero-order valence-electron chi connectivity index (χ0n) is 12.0. The second-order valence-corrected chi connectivity index (χ2v) is 5.62. The van der Waals surface area contributed by atoms with Crippen LogP contribution in [-0.4, -0.2) is 7.05 Å². The molecule has 2 heteroatoms. The van der Waals surface area contributed by atoms with Crippen LogP contribution < -0.4 is 5.32 Å². The van der Waals surface area contributed by atoms with E-state index >= 15 is 0 Å². The molecule has 0 spiro atoms. The molecule has 1 aliphatic carbocycles. The Labute approximate surface area is 111 Å². The quantitative estimate of drug-likeness (QED) is 0.840. The number of aryl methyl sites for hydroxylation is 1. The number of rotatable bonds is 5. The Hall–Kier alpha value is -0.760. The Morgan fingerprint density at radius 3 is 2.89 bits per heavy atom. The maximum absolute atomic E-state index is 5.60. The molecule has 0 radical (unpaired) electrons. The van der Waals surface area contributed by atoms with E-state index in [4.69, 9.17) is 4.42 Å². The molecule has 2 rings (SSSR count). The molecule has 1 aromatic heterocycles. The van der Waals surface area contributed by atoms with Crippen LogP contribution in [0.2, 0.25) is 0 Å². The van der Waals surface area contributed by atoms with Gasteiger partial charge in [-0.25, -0.2) is 0 Å². The van der Waals surface area contributed by atoms with Crippen molar-refractivity contribution in [2.24, 2.45) is 11.8 Å². The second-order valence-electron chi connectivity index (χ2n) is 5.62. The molecule has 0 amide bonds. The Balaban J connectivity index is 2.13. The molecule has 18 heavy (non-hydrogen) atoms. The van der Waals surface area contributed by atoms with Gasteiger partial charge in [0.25, 0.3) is 0 Å². The first kappa shape index (κ1) is 13.7. The van der Waals surface area contributed by atoms with Gasteiger partial charge < -0.3 is 9.73 Å². The van der Waals surface area contributed by atoms with Crippen LogP contribution in [0.15, 0.2) is 16.7 Å². The van der Waals surface area contributed by atoms with Crippen LogP contribution in [-0.2, 0) is 6.42 Å². The fourth-order valence-electron chi connectivity index (χ4n) is 3.57. The highest BCUT2D eigenvalue weighted by Crippen LogP contribution is 2.39. The molecule has 1 heterocycles. The Morgan fingerprint density at radius 2 is 2.22 bits per heavy atom. The summed E-state index contributed by atoms with van der Waals surface area (Å²) in [5, 5.41) is 3.53. The van der Waals surface area contributed by atoms with Crippen LogP contribution in [0, 0.1) is 11.8 Å². The molecule has 0 saturated heterocycles. The minimum atomic E-state index is 0.480. The van der Waals surface area contributed by atoms with Crippen LogP contribution in [0.5, 0.6) is 0 Å². The zero-order chi connectivity index (χ0) is 13.0. The number of furan rings is 1. The maximum Gasteiger partial charge on any atom is 0.108 e. The van der Waals surface area contributed by atoms with Crippen molar-refractivity contribution in [1.29, 1.82) is 0 Å². The number of hydrogen-bond donors (Lipinski definition) is 1.